The molecule has 0 heterocycles. The minimum atomic E-state index is -0.760. The molecule has 0 radical (unpaired) electrons. The van der Waals surface area contributed by atoms with E-state index in [1.807, 2.05) is 0 Å². The van der Waals surface area contributed by atoms with Gasteiger partial charge in [0.15, 0.2) is 5.90 Å². The molecule has 0 amide bonds. The van der Waals surface area contributed by atoms with E-state index in [4.69, 9.17) is 10.8 Å². The first kappa shape index (κ1) is 43.5. The normalized spacial score (nSPS) is 10.7. The van der Waals surface area contributed by atoms with E-state index in [0.717, 1.165) is 0 Å². The van der Waals surface area contributed by atoms with Gasteiger partial charge in [0.05, 0.1) is 67.0 Å². The monoisotopic (exact) mass is 829 g/mol. The second-order valence-corrected chi connectivity index (χ2v) is 26.9. The van der Waals surface area contributed by atoms with Crippen LogP contribution in [0.2, 0.25) is 0 Å². The van der Waals surface area contributed by atoms with Crippen LogP contribution in [0.5, 0.6) is 0 Å². The topological polar surface area (TPSA) is 47.6 Å². The van der Waals surface area contributed by atoms with Crippen molar-refractivity contribution < 1.29 is 21.1 Å². The Bertz CT molecular complexity index is 1350. The molecule has 5 aromatic carbocycles. The zero-order valence-electron chi connectivity index (χ0n) is 29.7. The third kappa shape index (κ3) is 16.5. The number of benzene rings is 5. The molecule has 49 heavy (non-hydrogen) atoms. The van der Waals surface area contributed by atoms with Crippen LogP contribution in [0, 0.1) is 10.8 Å². The summed E-state index contributed by atoms with van der Waals surface area (Å²) >= 11 is 0. The van der Waals surface area contributed by atoms with Gasteiger partial charge in [0.25, 0.3) is 0 Å². The summed E-state index contributed by atoms with van der Waals surface area (Å²) in [6.45, 7) is 9.56. The fourth-order valence-corrected chi connectivity index (χ4v) is 20.5. The van der Waals surface area contributed by atoms with Gasteiger partial charge in [-0.3, -0.25) is 0 Å². The largest absolute Gasteiger partial charge is 0.154 e. The van der Waals surface area contributed by atoms with Crippen LogP contribution in [0.15, 0.2) is 152 Å². The van der Waals surface area contributed by atoms with E-state index in [9.17, 15) is 0 Å². The predicted octanol–water partition coefficient (Wildman–Crippen LogP) is 8.96. The third-order valence-electron chi connectivity index (χ3n) is 8.19. The summed E-state index contributed by atoms with van der Waals surface area (Å²) in [4.78, 5) is 0. The zero-order valence-corrected chi connectivity index (χ0v) is 36.7. The first-order valence-corrected chi connectivity index (χ1v) is 27.9. The number of rotatable bonds is 15. The fourth-order valence-electron chi connectivity index (χ4n) is 6.22. The second-order valence-electron chi connectivity index (χ2n) is 12.7. The van der Waals surface area contributed by atoms with Crippen LogP contribution >= 0.6 is 39.6 Å². The van der Waals surface area contributed by atoms with Gasteiger partial charge in [-0.15, -0.1) is 0 Å². The first-order valence-electron chi connectivity index (χ1n) is 17.1. The van der Waals surface area contributed by atoms with Gasteiger partial charge in [-0.2, -0.15) is 0 Å². The maximum atomic E-state index is 6.00. The van der Waals surface area contributed by atoms with Gasteiger partial charge in [-0.1, -0.05) is 91.0 Å². The molecular weight excluding hydrogens is 771 g/mol. The molecule has 2 nitrogen and oxygen atoms in total. The summed E-state index contributed by atoms with van der Waals surface area (Å²) in [5.74, 6) is 1.56. The minimum absolute atomic E-state index is 0. The van der Waals surface area contributed by atoms with E-state index in [1.54, 1.807) is 32.4 Å². The number of nitrogens with zero attached hydrogens (tertiary/aromatic N) is 2. The van der Waals surface area contributed by atoms with Crippen LogP contribution in [0.3, 0.4) is 0 Å². The summed E-state index contributed by atoms with van der Waals surface area (Å²) < 4.78 is 0. The smallest absolute Gasteiger partial charge is 0.0620 e. The number of hydrogen-bond donors (Lipinski definition) is 0. The van der Waals surface area contributed by atoms with Crippen molar-refractivity contribution in [3.8, 4) is 0 Å². The maximum absolute atomic E-state index is 6.00. The van der Waals surface area contributed by atoms with Crippen molar-refractivity contribution in [1.82, 2.24) is 0 Å². The Morgan fingerprint density at radius 2 is 0.612 bits per heavy atom. The van der Waals surface area contributed by atoms with E-state index in [1.165, 1.54) is 37.5 Å². The van der Waals surface area contributed by atoms with Crippen LogP contribution in [-0.4, -0.2) is 57.2 Å². The van der Waals surface area contributed by atoms with Gasteiger partial charge in [0.1, 0.15) is 0 Å². The Morgan fingerprint density at radius 1 is 0.367 bits per heavy atom. The van der Waals surface area contributed by atoms with E-state index in [2.05, 4.69) is 178 Å². The molecule has 0 aromatic heterocycles. The quantitative estimate of drug-likeness (QED) is 0.0602. The van der Waals surface area contributed by atoms with E-state index < -0.39 is 23.8 Å². The Morgan fingerprint density at radius 3 is 0.837 bits per heavy atom. The van der Waals surface area contributed by atoms with Crippen molar-refractivity contribution >= 4 is 66.1 Å². The molecule has 5 aromatic rings. The molecule has 0 unspecified atom stereocenters. The summed E-state index contributed by atoms with van der Waals surface area (Å²) in [5, 5.41) is 19.8. The van der Waals surface area contributed by atoms with Gasteiger partial charge in [0.2, 0.25) is 0 Å². The van der Waals surface area contributed by atoms with Crippen molar-refractivity contribution in [1.29, 1.82) is 10.8 Å². The molecule has 5 rings (SSSR count). The van der Waals surface area contributed by atoms with Crippen molar-refractivity contribution in [2.75, 3.05) is 57.2 Å². The van der Waals surface area contributed by atoms with Crippen LogP contribution in [0.4, 0.5) is 0 Å². The molecular formula is C41H56MoN2P5+5. The third-order valence-corrected chi connectivity index (χ3v) is 22.7. The average Bonchev–Trinajstić information content (AvgIpc) is 3.13. The first-order chi connectivity index (χ1) is 23.5. The second kappa shape index (κ2) is 26.2. The molecule has 0 spiro atoms. The molecule has 0 fully saturated rings. The van der Waals surface area contributed by atoms with Crippen LogP contribution in [0.25, 0.3) is 0 Å². The van der Waals surface area contributed by atoms with Gasteiger partial charge < -0.3 is 0 Å². The SMILES string of the molecule is C[PH+](C)C[PH+](C)C.N#N.[Mo].c1ccc([PH+](CCC[PH+](c2ccccc2)c2ccccc2)CCC[PH+](c2ccccc2)c2ccccc2)cc1. The standard InChI is InChI=1S/C36H37P3.C5H14P2.Mo.N2/c1-6-18-32(19-7-1)37(28-16-30-38(33-20-8-2-9-21-33)34-22-10-3-11-23-34)29-17-31-39(35-24-12-4-13-25-35)36-26-14-5-15-27-36;1-6(2)5-7(3)4;;1-2/h1-15,18-27H,16-17,28-31H2;5H2,1-4H3;;/p+5. The van der Waals surface area contributed by atoms with E-state index in [-0.39, 0.29) is 36.9 Å². The van der Waals surface area contributed by atoms with Crippen LogP contribution < -0.4 is 26.5 Å². The molecule has 0 bridgehead atoms. The Hall–Kier alpha value is -1.64. The van der Waals surface area contributed by atoms with Gasteiger partial charge in [-0.25, -0.2) is 0 Å². The summed E-state index contributed by atoms with van der Waals surface area (Å²) in [6, 6.07) is 56.5. The molecule has 0 N–H and O–H groups in total. The molecule has 256 valence electrons. The Balaban J connectivity index is 0.000000744. The van der Waals surface area contributed by atoms with Gasteiger partial charge >= 0.3 is 0 Å². The molecule has 0 saturated heterocycles. The van der Waals surface area contributed by atoms with Crippen molar-refractivity contribution in [2.45, 2.75) is 12.8 Å². The molecule has 0 atom stereocenters. The van der Waals surface area contributed by atoms with Gasteiger partial charge in [0, 0.05) is 95.1 Å². The van der Waals surface area contributed by atoms with Crippen molar-refractivity contribution in [3.63, 3.8) is 0 Å². The molecule has 0 aliphatic rings. The molecule has 0 aliphatic heterocycles. The van der Waals surface area contributed by atoms with Crippen molar-refractivity contribution in [2.24, 2.45) is 0 Å². The molecule has 0 saturated carbocycles. The molecule has 8 heteroatoms. The van der Waals surface area contributed by atoms with E-state index >= 15 is 0 Å². The predicted molar refractivity (Wildman–Crippen MR) is 233 cm³/mol. The fraction of sp³-hybridized carbons (Fsp3) is 0.268. The summed E-state index contributed by atoms with van der Waals surface area (Å²) in [6.07, 6.45) is 7.97. The van der Waals surface area contributed by atoms with E-state index in [0.29, 0.717) is 0 Å². The Kier molecular flexibility index (Phi) is 23.3. The zero-order chi connectivity index (χ0) is 34.4. The summed E-state index contributed by atoms with van der Waals surface area (Å²) in [5.41, 5.74) is 0. The number of hydrogen-bond acceptors (Lipinski definition) is 2. The Labute approximate surface area is 317 Å². The van der Waals surface area contributed by atoms with Crippen LogP contribution in [0.1, 0.15) is 12.8 Å². The minimum Gasteiger partial charge on any atom is -0.0620 e. The molecule has 0 aliphatic carbocycles. The van der Waals surface area contributed by atoms with Crippen molar-refractivity contribution in [3.05, 3.63) is 152 Å². The summed E-state index contributed by atoms with van der Waals surface area (Å²) in [7, 11) is -1.90. The van der Waals surface area contributed by atoms with Gasteiger partial charge in [-0.05, 0) is 60.7 Å². The average molecular weight is 828 g/mol. The van der Waals surface area contributed by atoms with Crippen LogP contribution in [-0.2, 0) is 21.1 Å². The maximum Gasteiger partial charge on any atom is 0.154 e.